The highest BCUT2D eigenvalue weighted by Crippen LogP contribution is 2.17. The molecule has 0 saturated carbocycles. The molecule has 1 aliphatic rings. The van der Waals surface area contributed by atoms with Crippen LogP contribution in [0, 0.1) is 0 Å². The largest absolute Gasteiger partial charge is 0.369 e. The van der Waals surface area contributed by atoms with Crippen molar-refractivity contribution in [3.8, 4) is 0 Å². The number of hydrogen-bond donors (Lipinski definition) is 1. The quantitative estimate of drug-likeness (QED) is 0.844. The average Bonchev–Trinajstić information content (AvgIpc) is 2.63. The lowest BCUT2D eigenvalue weighted by molar-refractivity contribution is 0.0250. The Balaban J connectivity index is 1.63. The number of hydrogen-bond acceptors (Lipinski definition) is 6. The molecule has 6 nitrogen and oxygen atoms in total. The number of ether oxygens (including phenoxy) is 1. The van der Waals surface area contributed by atoms with Gasteiger partial charge in [-0.25, -0.2) is 9.97 Å². The van der Waals surface area contributed by atoms with Crippen LogP contribution in [0.15, 0.2) is 30.7 Å². The molecule has 1 saturated heterocycles. The Kier molecular flexibility index (Phi) is 5.05. The highest BCUT2D eigenvalue weighted by molar-refractivity contribution is 5.96. The lowest BCUT2D eigenvalue weighted by atomic mass is 10.1. The fraction of sp³-hybridized carbons (Fsp3) is 0.412. The van der Waals surface area contributed by atoms with Gasteiger partial charge in [-0.15, -0.1) is 0 Å². The van der Waals surface area contributed by atoms with E-state index in [0.29, 0.717) is 18.6 Å². The second-order valence-corrected chi connectivity index (χ2v) is 5.50. The maximum atomic E-state index is 12.3. The van der Waals surface area contributed by atoms with Gasteiger partial charge in [-0.3, -0.25) is 9.78 Å². The first-order valence-corrected chi connectivity index (χ1v) is 7.87. The first kappa shape index (κ1) is 15.7. The van der Waals surface area contributed by atoms with E-state index >= 15 is 0 Å². The molecular weight excluding hydrogens is 292 g/mol. The highest BCUT2D eigenvalue weighted by atomic mass is 16.5. The van der Waals surface area contributed by atoms with Crippen LogP contribution in [0.5, 0.6) is 0 Å². The van der Waals surface area contributed by atoms with Crippen LogP contribution in [-0.2, 0) is 17.6 Å². The molecule has 1 N–H and O–H groups in total. The molecule has 6 heteroatoms. The average molecular weight is 312 g/mol. The van der Waals surface area contributed by atoms with Gasteiger partial charge in [0.15, 0.2) is 5.78 Å². The van der Waals surface area contributed by atoms with Crippen molar-refractivity contribution in [1.29, 1.82) is 0 Å². The SMILES string of the molecule is CCc1ncc(C(=O)Cc2ccc([C@H]3CNCCO3)nc2)cn1. The summed E-state index contributed by atoms with van der Waals surface area (Å²) in [6.45, 7) is 4.32. The monoisotopic (exact) mass is 312 g/mol. The van der Waals surface area contributed by atoms with Gasteiger partial charge in [0.05, 0.1) is 17.9 Å². The summed E-state index contributed by atoms with van der Waals surface area (Å²) in [5.74, 6) is 0.742. The van der Waals surface area contributed by atoms with Crippen LogP contribution in [0.1, 0.15) is 40.5 Å². The van der Waals surface area contributed by atoms with Crippen LogP contribution < -0.4 is 5.32 Å². The van der Waals surface area contributed by atoms with E-state index in [-0.39, 0.29) is 11.9 Å². The Morgan fingerprint density at radius 3 is 2.70 bits per heavy atom. The molecule has 0 unspecified atom stereocenters. The van der Waals surface area contributed by atoms with Crippen molar-refractivity contribution in [2.75, 3.05) is 19.7 Å². The van der Waals surface area contributed by atoms with E-state index in [1.54, 1.807) is 18.6 Å². The van der Waals surface area contributed by atoms with Gasteiger partial charge in [0, 0.05) is 44.5 Å². The number of carbonyl (C=O) groups is 1. The molecule has 0 aromatic carbocycles. The number of ketones is 1. The van der Waals surface area contributed by atoms with Gasteiger partial charge < -0.3 is 10.1 Å². The van der Waals surface area contributed by atoms with E-state index in [1.165, 1.54) is 0 Å². The molecule has 0 amide bonds. The molecule has 3 rings (SSSR count). The molecule has 23 heavy (non-hydrogen) atoms. The predicted octanol–water partition coefficient (Wildman–Crippen LogP) is 1.52. The summed E-state index contributed by atoms with van der Waals surface area (Å²) in [6.07, 6.45) is 5.98. The van der Waals surface area contributed by atoms with E-state index in [0.717, 1.165) is 36.6 Å². The minimum atomic E-state index is -0.0107. The molecule has 0 aliphatic carbocycles. The van der Waals surface area contributed by atoms with Crippen LogP contribution in [-0.4, -0.2) is 40.4 Å². The molecule has 0 radical (unpaired) electrons. The maximum absolute atomic E-state index is 12.3. The third-order valence-corrected chi connectivity index (χ3v) is 3.81. The van der Waals surface area contributed by atoms with Crippen LogP contribution in [0.25, 0.3) is 0 Å². The van der Waals surface area contributed by atoms with Gasteiger partial charge in [-0.05, 0) is 11.6 Å². The molecule has 0 spiro atoms. The number of aromatic nitrogens is 3. The van der Waals surface area contributed by atoms with Crippen LogP contribution in [0.3, 0.4) is 0 Å². The number of morpholine rings is 1. The summed E-state index contributed by atoms with van der Waals surface area (Å²) >= 11 is 0. The van der Waals surface area contributed by atoms with E-state index in [9.17, 15) is 4.79 Å². The first-order valence-electron chi connectivity index (χ1n) is 7.87. The van der Waals surface area contributed by atoms with Crippen molar-refractivity contribution in [2.24, 2.45) is 0 Å². The van der Waals surface area contributed by atoms with Crippen molar-refractivity contribution in [1.82, 2.24) is 20.3 Å². The highest BCUT2D eigenvalue weighted by Gasteiger charge is 2.17. The smallest absolute Gasteiger partial charge is 0.170 e. The third-order valence-electron chi connectivity index (χ3n) is 3.81. The Bertz CT molecular complexity index is 649. The number of rotatable bonds is 5. The van der Waals surface area contributed by atoms with Gasteiger partial charge in [0.25, 0.3) is 0 Å². The zero-order chi connectivity index (χ0) is 16.1. The van der Waals surface area contributed by atoms with Crippen molar-refractivity contribution < 1.29 is 9.53 Å². The Labute approximate surface area is 135 Å². The number of carbonyl (C=O) groups excluding carboxylic acids is 1. The second-order valence-electron chi connectivity index (χ2n) is 5.50. The number of nitrogens with zero attached hydrogens (tertiary/aromatic N) is 3. The molecular formula is C17H20N4O2. The predicted molar refractivity (Wildman–Crippen MR) is 85.2 cm³/mol. The zero-order valence-corrected chi connectivity index (χ0v) is 13.2. The van der Waals surface area contributed by atoms with Gasteiger partial charge in [0.1, 0.15) is 11.9 Å². The van der Waals surface area contributed by atoms with Crippen molar-refractivity contribution in [3.05, 3.63) is 53.4 Å². The van der Waals surface area contributed by atoms with E-state index in [2.05, 4.69) is 20.3 Å². The van der Waals surface area contributed by atoms with Gasteiger partial charge in [-0.1, -0.05) is 13.0 Å². The van der Waals surface area contributed by atoms with E-state index in [1.807, 2.05) is 19.1 Å². The van der Waals surface area contributed by atoms with Crippen LogP contribution in [0.2, 0.25) is 0 Å². The Hall–Kier alpha value is -2.18. The standard InChI is InChI=1S/C17H20N4O2/c1-2-17-20-9-13(10-21-17)15(22)7-12-3-4-14(19-8-12)16-11-18-5-6-23-16/h3-4,8-10,16,18H,2,5-7,11H2,1H3/t16-/m1/s1. The fourth-order valence-corrected chi connectivity index (χ4v) is 2.46. The Morgan fingerprint density at radius 2 is 2.09 bits per heavy atom. The van der Waals surface area contributed by atoms with Gasteiger partial charge >= 0.3 is 0 Å². The van der Waals surface area contributed by atoms with E-state index < -0.39 is 0 Å². The zero-order valence-electron chi connectivity index (χ0n) is 13.2. The second kappa shape index (κ2) is 7.39. The molecule has 0 bridgehead atoms. The van der Waals surface area contributed by atoms with Crippen LogP contribution >= 0.6 is 0 Å². The lowest BCUT2D eigenvalue weighted by Gasteiger charge is -2.23. The molecule has 1 atom stereocenters. The topological polar surface area (TPSA) is 77.0 Å². The van der Waals surface area contributed by atoms with E-state index in [4.69, 9.17) is 4.74 Å². The third kappa shape index (κ3) is 3.97. The minimum absolute atomic E-state index is 0.00205. The number of nitrogens with one attached hydrogen (secondary N) is 1. The molecule has 2 aromatic rings. The summed E-state index contributed by atoms with van der Waals surface area (Å²) in [4.78, 5) is 25.0. The summed E-state index contributed by atoms with van der Waals surface area (Å²) in [6, 6.07) is 3.86. The molecule has 3 heterocycles. The van der Waals surface area contributed by atoms with Crippen LogP contribution in [0.4, 0.5) is 0 Å². The first-order chi connectivity index (χ1) is 11.3. The molecule has 1 aliphatic heterocycles. The van der Waals surface area contributed by atoms with Gasteiger partial charge in [0.2, 0.25) is 0 Å². The van der Waals surface area contributed by atoms with Gasteiger partial charge in [-0.2, -0.15) is 0 Å². The number of Topliss-reactive ketones (excluding diaryl/α,β-unsaturated/α-hetero) is 1. The van der Waals surface area contributed by atoms with Crippen molar-refractivity contribution in [3.63, 3.8) is 0 Å². The normalized spacial score (nSPS) is 17.9. The summed E-state index contributed by atoms with van der Waals surface area (Å²) in [5, 5.41) is 3.28. The van der Waals surface area contributed by atoms with Crippen molar-refractivity contribution >= 4 is 5.78 Å². The molecule has 2 aromatic heterocycles. The maximum Gasteiger partial charge on any atom is 0.170 e. The summed E-state index contributed by atoms with van der Waals surface area (Å²) in [7, 11) is 0. The molecule has 120 valence electrons. The summed E-state index contributed by atoms with van der Waals surface area (Å²) in [5.41, 5.74) is 2.30. The molecule has 1 fully saturated rings. The number of aryl methyl sites for hydroxylation is 1. The Morgan fingerprint density at radius 1 is 1.26 bits per heavy atom. The lowest BCUT2D eigenvalue weighted by Crippen LogP contribution is -2.33. The number of pyridine rings is 1. The summed E-state index contributed by atoms with van der Waals surface area (Å²) < 4.78 is 5.67. The minimum Gasteiger partial charge on any atom is -0.369 e. The van der Waals surface area contributed by atoms with Crippen molar-refractivity contribution in [2.45, 2.75) is 25.9 Å². The fourth-order valence-electron chi connectivity index (χ4n) is 2.46.